The van der Waals surface area contributed by atoms with Crippen molar-refractivity contribution in [3.63, 3.8) is 0 Å². The van der Waals surface area contributed by atoms with Crippen molar-refractivity contribution in [1.29, 1.82) is 0 Å². The molecule has 112 valence electrons. The highest BCUT2D eigenvalue weighted by Crippen LogP contribution is 2.40. The van der Waals surface area contributed by atoms with E-state index in [0.717, 1.165) is 21.3 Å². The maximum atomic E-state index is 6.61. The number of alkyl halides is 1. The van der Waals surface area contributed by atoms with Gasteiger partial charge < -0.3 is 9.47 Å². The van der Waals surface area contributed by atoms with Gasteiger partial charge in [0, 0.05) is 15.1 Å². The van der Waals surface area contributed by atoms with Gasteiger partial charge in [0.15, 0.2) is 0 Å². The number of hydrogen-bond donors (Lipinski definition) is 0. The van der Waals surface area contributed by atoms with Crippen molar-refractivity contribution >= 4 is 39.1 Å². The van der Waals surface area contributed by atoms with E-state index in [4.69, 9.17) is 32.7 Å². The molecule has 0 radical (unpaired) electrons. The number of hydrogen-bond acceptors (Lipinski definition) is 2. The fourth-order valence-corrected chi connectivity index (χ4v) is 3.28. The summed E-state index contributed by atoms with van der Waals surface area (Å²) in [6, 6.07) is 11.2. The van der Waals surface area contributed by atoms with Crippen LogP contribution in [0.3, 0.4) is 0 Å². The molecule has 0 aromatic heterocycles. The number of methoxy groups -OCH3 is 1. The van der Waals surface area contributed by atoms with Gasteiger partial charge >= 0.3 is 0 Å². The summed E-state index contributed by atoms with van der Waals surface area (Å²) >= 11 is 16.1. The summed E-state index contributed by atoms with van der Waals surface area (Å²) in [5.41, 5.74) is 1.81. The van der Waals surface area contributed by atoms with Gasteiger partial charge in [0.1, 0.15) is 11.5 Å². The summed E-state index contributed by atoms with van der Waals surface area (Å²) in [6.45, 7) is 2.58. The molecule has 0 aliphatic heterocycles. The topological polar surface area (TPSA) is 18.5 Å². The first-order valence-corrected chi connectivity index (χ1v) is 8.07. The Hall–Kier alpha value is -0.900. The van der Waals surface area contributed by atoms with Gasteiger partial charge in [0.25, 0.3) is 0 Å². The molecule has 2 nitrogen and oxygen atoms in total. The largest absolute Gasteiger partial charge is 0.496 e. The third-order valence-electron chi connectivity index (χ3n) is 3.02. The van der Waals surface area contributed by atoms with Crippen LogP contribution in [0.15, 0.2) is 40.9 Å². The molecule has 0 aliphatic carbocycles. The van der Waals surface area contributed by atoms with Crippen molar-refractivity contribution < 1.29 is 9.47 Å². The lowest BCUT2D eigenvalue weighted by atomic mass is 10.0. The molecule has 2 aromatic carbocycles. The van der Waals surface area contributed by atoms with E-state index in [-0.39, 0.29) is 5.38 Å². The average molecular weight is 390 g/mol. The van der Waals surface area contributed by atoms with Crippen LogP contribution in [0.4, 0.5) is 0 Å². The van der Waals surface area contributed by atoms with E-state index in [1.807, 2.05) is 31.2 Å². The Bertz CT molecular complexity index is 632. The van der Waals surface area contributed by atoms with Crippen LogP contribution in [0.25, 0.3) is 0 Å². The molecule has 21 heavy (non-hydrogen) atoms. The van der Waals surface area contributed by atoms with Gasteiger partial charge in [-0.15, -0.1) is 11.6 Å². The summed E-state index contributed by atoms with van der Waals surface area (Å²) in [6.07, 6.45) is 0. The molecule has 0 fully saturated rings. The smallest absolute Gasteiger partial charge is 0.125 e. The zero-order valence-corrected chi connectivity index (χ0v) is 14.8. The summed E-state index contributed by atoms with van der Waals surface area (Å²) in [4.78, 5) is 0. The maximum absolute atomic E-state index is 6.61. The van der Waals surface area contributed by atoms with Gasteiger partial charge in [0.2, 0.25) is 0 Å². The van der Waals surface area contributed by atoms with Crippen LogP contribution in [-0.2, 0) is 0 Å². The van der Waals surface area contributed by atoms with Crippen LogP contribution in [0.2, 0.25) is 5.02 Å². The molecule has 5 heteroatoms. The van der Waals surface area contributed by atoms with Crippen LogP contribution < -0.4 is 9.47 Å². The van der Waals surface area contributed by atoms with Crippen LogP contribution in [0.1, 0.15) is 23.4 Å². The molecule has 2 rings (SSSR count). The molecule has 0 heterocycles. The van der Waals surface area contributed by atoms with Crippen LogP contribution in [-0.4, -0.2) is 13.7 Å². The van der Waals surface area contributed by atoms with Gasteiger partial charge in [-0.05, 0) is 36.8 Å². The molecule has 1 atom stereocenters. The van der Waals surface area contributed by atoms with Crippen LogP contribution in [0.5, 0.6) is 11.5 Å². The molecule has 0 aliphatic rings. The molecule has 0 saturated heterocycles. The van der Waals surface area contributed by atoms with Gasteiger partial charge in [-0.2, -0.15) is 0 Å². The van der Waals surface area contributed by atoms with Crippen LogP contribution >= 0.6 is 39.1 Å². The summed E-state index contributed by atoms with van der Waals surface area (Å²) < 4.78 is 11.7. The zero-order chi connectivity index (χ0) is 15.4. The Labute approximate surface area is 143 Å². The first-order chi connectivity index (χ1) is 10.1. The molecular formula is C16H15BrCl2O2. The lowest BCUT2D eigenvalue weighted by Gasteiger charge is -2.16. The van der Waals surface area contributed by atoms with Gasteiger partial charge in [-0.25, -0.2) is 0 Å². The minimum Gasteiger partial charge on any atom is -0.496 e. The molecule has 0 spiro atoms. The minimum atomic E-state index is -0.345. The second kappa shape index (κ2) is 7.39. The standard InChI is InChI=1S/C16H15BrCl2O2/c1-3-21-11-5-7-12(14(17)9-11)16(19)13-6-4-10(18)8-15(13)20-2/h4-9,16H,3H2,1-2H3. The maximum Gasteiger partial charge on any atom is 0.125 e. The first-order valence-electron chi connectivity index (χ1n) is 6.46. The van der Waals surface area contributed by atoms with E-state index >= 15 is 0 Å². The predicted octanol–water partition coefficient (Wildman–Crippen LogP) is 5.84. The quantitative estimate of drug-likeness (QED) is 0.598. The molecule has 1 unspecified atom stereocenters. The average Bonchev–Trinajstić information content (AvgIpc) is 2.47. The number of halogens is 3. The number of ether oxygens (including phenoxy) is 2. The Morgan fingerprint density at radius 1 is 1.14 bits per heavy atom. The summed E-state index contributed by atoms with van der Waals surface area (Å²) in [5, 5.41) is 0.271. The number of benzene rings is 2. The predicted molar refractivity (Wildman–Crippen MR) is 91.0 cm³/mol. The Balaban J connectivity index is 2.38. The lowest BCUT2D eigenvalue weighted by molar-refractivity contribution is 0.340. The first kappa shape index (κ1) is 16.5. The van der Waals surface area contributed by atoms with Crippen molar-refractivity contribution in [3.05, 3.63) is 57.0 Å². The lowest BCUT2D eigenvalue weighted by Crippen LogP contribution is -1.99. The van der Waals surface area contributed by atoms with Gasteiger partial charge in [0.05, 0.1) is 19.1 Å². The van der Waals surface area contributed by atoms with E-state index < -0.39 is 0 Å². The van der Waals surface area contributed by atoms with Crippen LogP contribution in [0, 0.1) is 0 Å². The van der Waals surface area contributed by atoms with Crippen molar-refractivity contribution in [1.82, 2.24) is 0 Å². The normalized spacial score (nSPS) is 12.0. The number of rotatable bonds is 5. The molecule has 0 saturated carbocycles. The summed E-state index contributed by atoms with van der Waals surface area (Å²) in [5.74, 6) is 1.48. The zero-order valence-electron chi connectivity index (χ0n) is 11.7. The molecular weight excluding hydrogens is 375 g/mol. The van der Waals surface area contributed by atoms with Crippen molar-refractivity contribution in [3.8, 4) is 11.5 Å². The van der Waals surface area contributed by atoms with Crippen molar-refractivity contribution in [2.75, 3.05) is 13.7 Å². The van der Waals surface area contributed by atoms with Gasteiger partial charge in [-0.3, -0.25) is 0 Å². The van der Waals surface area contributed by atoms with E-state index in [1.54, 1.807) is 19.2 Å². The highest BCUT2D eigenvalue weighted by atomic mass is 79.9. The molecule has 2 aromatic rings. The van der Waals surface area contributed by atoms with E-state index in [1.165, 1.54) is 0 Å². The van der Waals surface area contributed by atoms with Gasteiger partial charge in [-0.1, -0.05) is 39.7 Å². The molecule has 0 bridgehead atoms. The second-order valence-corrected chi connectivity index (χ2v) is 6.09. The second-order valence-electron chi connectivity index (χ2n) is 4.37. The monoisotopic (exact) mass is 388 g/mol. The Morgan fingerprint density at radius 3 is 2.48 bits per heavy atom. The molecule has 0 amide bonds. The SMILES string of the molecule is CCOc1ccc(C(Cl)c2ccc(Cl)cc2OC)c(Br)c1. The minimum absolute atomic E-state index is 0.345. The highest BCUT2D eigenvalue weighted by molar-refractivity contribution is 9.10. The van der Waals surface area contributed by atoms with Crippen molar-refractivity contribution in [2.45, 2.75) is 12.3 Å². The van der Waals surface area contributed by atoms with Crippen molar-refractivity contribution in [2.24, 2.45) is 0 Å². The van der Waals surface area contributed by atoms with E-state index in [2.05, 4.69) is 15.9 Å². The molecule has 0 N–H and O–H groups in total. The fraction of sp³-hybridized carbons (Fsp3) is 0.250. The third kappa shape index (κ3) is 3.85. The Kier molecular flexibility index (Phi) is 5.80. The van der Waals surface area contributed by atoms with E-state index in [9.17, 15) is 0 Å². The third-order valence-corrected chi connectivity index (χ3v) is 4.42. The van der Waals surface area contributed by atoms with E-state index in [0.29, 0.717) is 17.4 Å². The summed E-state index contributed by atoms with van der Waals surface area (Å²) in [7, 11) is 1.60. The Morgan fingerprint density at radius 2 is 1.86 bits per heavy atom. The fourth-order valence-electron chi connectivity index (χ4n) is 2.03. The highest BCUT2D eigenvalue weighted by Gasteiger charge is 2.18.